The van der Waals surface area contributed by atoms with Gasteiger partial charge in [-0.1, -0.05) is 13.3 Å². The highest BCUT2D eigenvalue weighted by atomic mass is 16.5. The first-order valence-corrected chi connectivity index (χ1v) is 7.92. The molecule has 2 rings (SSSR count). The maximum absolute atomic E-state index is 11.4. The molecule has 0 amide bonds. The highest BCUT2D eigenvalue weighted by molar-refractivity contribution is 5.89. The van der Waals surface area contributed by atoms with E-state index in [-0.39, 0.29) is 17.7 Å². The van der Waals surface area contributed by atoms with Crippen molar-refractivity contribution in [2.24, 2.45) is 0 Å². The Morgan fingerprint density at radius 3 is 2.16 bits per heavy atom. The van der Waals surface area contributed by atoms with Crippen molar-refractivity contribution in [3.8, 4) is 11.5 Å². The first-order chi connectivity index (χ1) is 11.9. The average molecular weight is 345 g/mol. The number of phenols is 1. The third-order valence-electron chi connectivity index (χ3n) is 2.98. The van der Waals surface area contributed by atoms with Crippen molar-refractivity contribution in [1.29, 1.82) is 0 Å². The van der Waals surface area contributed by atoms with Crippen LogP contribution in [0.2, 0.25) is 0 Å². The summed E-state index contributed by atoms with van der Waals surface area (Å²) >= 11 is 0. The SMILES string of the molecule is CC(=O)Oc1ccc(O)cc1.CCCCOC(=O)c1ccc(N)cc1. The van der Waals surface area contributed by atoms with E-state index in [1.165, 1.54) is 31.2 Å². The van der Waals surface area contributed by atoms with E-state index in [1.807, 2.05) is 0 Å². The van der Waals surface area contributed by atoms with Crippen molar-refractivity contribution < 1.29 is 24.2 Å². The Bertz CT molecular complexity index is 665. The van der Waals surface area contributed by atoms with Crippen LogP contribution in [-0.4, -0.2) is 23.7 Å². The number of anilines is 1. The molecule has 0 unspecified atom stereocenters. The fourth-order valence-electron chi connectivity index (χ4n) is 1.69. The van der Waals surface area contributed by atoms with E-state index in [1.54, 1.807) is 24.3 Å². The number of nitrogens with two attached hydrogens (primary N) is 1. The van der Waals surface area contributed by atoms with E-state index in [4.69, 9.17) is 20.3 Å². The fourth-order valence-corrected chi connectivity index (χ4v) is 1.69. The number of phenolic OH excluding ortho intramolecular Hbond substituents is 1. The molecule has 0 spiro atoms. The molecule has 0 atom stereocenters. The van der Waals surface area contributed by atoms with E-state index in [0.29, 0.717) is 23.6 Å². The number of nitrogen functional groups attached to an aromatic ring is 1. The van der Waals surface area contributed by atoms with Gasteiger partial charge in [0.2, 0.25) is 0 Å². The van der Waals surface area contributed by atoms with Gasteiger partial charge in [-0.2, -0.15) is 0 Å². The van der Waals surface area contributed by atoms with Crippen LogP contribution in [0.15, 0.2) is 48.5 Å². The van der Waals surface area contributed by atoms with Crippen molar-refractivity contribution in [2.75, 3.05) is 12.3 Å². The van der Waals surface area contributed by atoms with Crippen LogP contribution in [0.3, 0.4) is 0 Å². The number of rotatable bonds is 5. The molecule has 0 saturated heterocycles. The Morgan fingerprint density at radius 2 is 1.64 bits per heavy atom. The third kappa shape index (κ3) is 8.41. The number of aromatic hydroxyl groups is 1. The molecule has 0 aliphatic rings. The predicted molar refractivity (Wildman–Crippen MR) is 95.5 cm³/mol. The van der Waals surface area contributed by atoms with Crippen molar-refractivity contribution >= 4 is 17.6 Å². The van der Waals surface area contributed by atoms with Gasteiger partial charge in [0.15, 0.2) is 0 Å². The molecule has 2 aromatic carbocycles. The summed E-state index contributed by atoms with van der Waals surface area (Å²) in [7, 11) is 0. The van der Waals surface area contributed by atoms with E-state index >= 15 is 0 Å². The molecular formula is C19H23NO5. The van der Waals surface area contributed by atoms with Crippen molar-refractivity contribution in [2.45, 2.75) is 26.7 Å². The molecule has 6 nitrogen and oxygen atoms in total. The summed E-state index contributed by atoms with van der Waals surface area (Å²) < 4.78 is 9.75. The Labute approximate surface area is 147 Å². The molecule has 0 fully saturated rings. The number of ether oxygens (including phenoxy) is 2. The maximum atomic E-state index is 11.4. The molecule has 0 aromatic heterocycles. The monoisotopic (exact) mass is 345 g/mol. The second-order valence-electron chi connectivity index (χ2n) is 5.20. The van der Waals surface area contributed by atoms with Gasteiger partial charge in [0, 0.05) is 12.6 Å². The molecule has 0 saturated carbocycles. The number of hydrogen-bond donors (Lipinski definition) is 2. The quantitative estimate of drug-likeness (QED) is 0.372. The molecule has 3 N–H and O–H groups in total. The van der Waals surface area contributed by atoms with Gasteiger partial charge in [-0.3, -0.25) is 4.79 Å². The Kier molecular flexibility index (Phi) is 8.57. The van der Waals surface area contributed by atoms with Crippen LogP contribution < -0.4 is 10.5 Å². The van der Waals surface area contributed by atoms with Gasteiger partial charge in [-0.05, 0) is 55.0 Å². The second-order valence-corrected chi connectivity index (χ2v) is 5.20. The molecule has 2 aromatic rings. The summed E-state index contributed by atoms with van der Waals surface area (Å²) in [5, 5.41) is 8.85. The summed E-state index contributed by atoms with van der Waals surface area (Å²) in [5.41, 5.74) is 6.70. The lowest BCUT2D eigenvalue weighted by atomic mass is 10.2. The third-order valence-corrected chi connectivity index (χ3v) is 2.98. The van der Waals surface area contributed by atoms with Gasteiger partial charge < -0.3 is 20.3 Å². The summed E-state index contributed by atoms with van der Waals surface area (Å²) in [6, 6.07) is 12.7. The predicted octanol–water partition coefficient (Wildman–Crippen LogP) is 3.54. The number of carbonyl (C=O) groups excluding carboxylic acids is 2. The van der Waals surface area contributed by atoms with Crippen LogP contribution in [0.5, 0.6) is 11.5 Å². The normalized spacial score (nSPS) is 9.52. The minimum absolute atomic E-state index is 0.154. The van der Waals surface area contributed by atoms with Crippen molar-refractivity contribution in [1.82, 2.24) is 0 Å². The summed E-state index contributed by atoms with van der Waals surface area (Å²) in [6.07, 6.45) is 1.93. The van der Waals surface area contributed by atoms with E-state index in [0.717, 1.165) is 12.8 Å². The van der Waals surface area contributed by atoms with Gasteiger partial charge >= 0.3 is 11.9 Å². The standard InChI is InChI=1S/C11H15NO2.C8H8O3/c1-2-3-8-14-11(13)9-4-6-10(12)7-5-9;1-6(9)11-8-4-2-7(10)3-5-8/h4-7H,2-3,8,12H2,1H3;2-5,10H,1H3. The molecule has 0 radical (unpaired) electrons. The number of hydrogen-bond acceptors (Lipinski definition) is 6. The molecule has 6 heteroatoms. The molecule has 0 aliphatic heterocycles. The lowest BCUT2D eigenvalue weighted by molar-refractivity contribution is -0.131. The minimum Gasteiger partial charge on any atom is -0.508 e. The van der Waals surface area contributed by atoms with Crippen LogP contribution in [0.25, 0.3) is 0 Å². The van der Waals surface area contributed by atoms with Gasteiger partial charge in [0.1, 0.15) is 11.5 Å². The van der Waals surface area contributed by atoms with E-state index in [9.17, 15) is 9.59 Å². The number of unbranched alkanes of at least 4 members (excludes halogenated alkanes) is 1. The molecule has 0 aliphatic carbocycles. The summed E-state index contributed by atoms with van der Waals surface area (Å²) in [6.45, 7) is 3.86. The Morgan fingerprint density at radius 1 is 1.04 bits per heavy atom. The Hall–Kier alpha value is -3.02. The van der Waals surface area contributed by atoms with Crippen molar-refractivity contribution in [3.63, 3.8) is 0 Å². The fraction of sp³-hybridized carbons (Fsp3) is 0.263. The lowest BCUT2D eigenvalue weighted by Gasteiger charge is -2.03. The Balaban J connectivity index is 0.000000257. The molecule has 25 heavy (non-hydrogen) atoms. The van der Waals surface area contributed by atoms with Crippen LogP contribution in [-0.2, 0) is 9.53 Å². The van der Waals surface area contributed by atoms with E-state index < -0.39 is 0 Å². The van der Waals surface area contributed by atoms with E-state index in [2.05, 4.69) is 6.92 Å². The second kappa shape index (κ2) is 10.7. The van der Waals surface area contributed by atoms with Crippen LogP contribution in [0.1, 0.15) is 37.0 Å². The van der Waals surface area contributed by atoms with Gasteiger partial charge in [-0.25, -0.2) is 4.79 Å². The smallest absolute Gasteiger partial charge is 0.338 e. The zero-order valence-corrected chi connectivity index (χ0v) is 14.4. The van der Waals surface area contributed by atoms with Crippen LogP contribution >= 0.6 is 0 Å². The van der Waals surface area contributed by atoms with Crippen molar-refractivity contribution in [3.05, 3.63) is 54.1 Å². The van der Waals surface area contributed by atoms with Crippen LogP contribution in [0.4, 0.5) is 5.69 Å². The topological polar surface area (TPSA) is 98.9 Å². The molecular weight excluding hydrogens is 322 g/mol. The number of esters is 2. The van der Waals surface area contributed by atoms with Gasteiger partial charge in [0.25, 0.3) is 0 Å². The number of benzene rings is 2. The number of carbonyl (C=O) groups is 2. The molecule has 134 valence electrons. The minimum atomic E-state index is -0.365. The van der Waals surface area contributed by atoms with Gasteiger partial charge in [0.05, 0.1) is 12.2 Å². The average Bonchev–Trinajstić information content (AvgIpc) is 2.58. The first kappa shape index (κ1) is 20.0. The molecule has 0 heterocycles. The lowest BCUT2D eigenvalue weighted by Crippen LogP contribution is -2.06. The highest BCUT2D eigenvalue weighted by Gasteiger charge is 2.05. The summed E-state index contributed by atoms with van der Waals surface area (Å²) in [4.78, 5) is 21.8. The molecule has 0 bridgehead atoms. The highest BCUT2D eigenvalue weighted by Crippen LogP contribution is 2.15. The maximum Gasteiger partial charge on any atom is 0.338 e. The zero-order chi connectivity index (χ0) is 18.7. The zero-order valence-electron chi connectivity index (χ0n) is 14.4. The summed E-state index contributed by atoms with van der Waals surface area (Å²) in [5.74, 6) is -0.0506. The first-order valence-electron chi connectivity index (χ1n) is 7.92. The van der Waals surface area contributed by atoms with Gasteiger partial charge in [-0.15, -0.1) is 0 Å². The van der Waals surface area contributed by atoms with Crippen LogP contribution in [0, 0.1) is 0 Å². The largest absolute Gasteiger partial charge is 0.508 e.